The first-order valence-electron chi connectivity index (χ1n) is 7.73. The van der Waals surface area contributed by atoms with E-state index in [0.29, 0.717) is 22.3 Å². The Morgan fingerprint density at radius 3 is 2.68 bits per heavy atom. The van der Waals surface area contributed by atoms with Crippen LogP contribution in [0.15, 0.2) is 53.3 Å². The molecule has 2 N–H and O–H groups in total. The average Bonchev–Trinajstić information content (AvgIpc) is 2.59. The minimum Gasteiger partial charge on any atom is -0.309 e. The van der Waals surface area contributed by atoms with E-state index in [1.165, 1.54) is 6.07 Å². The number of H-pyrrole nitrogens is 1. The lowest BCUT2D eigenvalue weighted by molar-refractivity contribution is -0.137. The maximum absolute atomic E-state index is 12.8. The number of halogens is 3. The maximum Gasteiger partial charge on any atom is 0.416 e. The van der Waals surface area contributed by atoms with E-state index in [4.69, 9.17) is 0 Å². The number of nitrogens with zero attached hydrogens (tertiary/aromatic N) is 1. The minimum atomic E-state index is -4.37. The number of aromatic amines is 1. The van der Waals surface area contributed by atoms with Gasteiger partial charge in [-0.2, -0.15) is 13.2 Å². The van der Waals surface area contributed by atoms with Gasteiger partial charge in [0, 0.05) is 6.04 Å². The van der Waals surface area contributed by atoms with Gasteiger partial charge in [0.2, 0.25) is 0 Å². The van der Waals surface area contributed by atoms with E-state index in [9.17, 15) is 18.0 Å². The highest BCUT2D eigenvalue weighted by Crippen LogP contribution is 2.30. The van der Waals surface area contributed by atoms with Crippen molar-refractivity contribution in [2.45, 2.75) is 25.7 Å². The largest absolute Gasteiger partial charge is 0.416 e. The molecule has 0 amide bonds. The number of alkyl halides is 3. The van der Waals surface area contributed by atoms with Gasteiger partial charge >= 0.3 is 6.18 Å². The van der Waals surface area contributed by atoms with E-state index >= 15 is 0 Å². The number of aromatic nitrogens is 2. The fraction of sp³-hybridized carbons (Fsp3) is 0.222. The number of para-hydroxylation sites is 1. The normalized spacial score (nSPS) is 13.1. The summed E-state index contributed by atoms with van der Waals surface area (Å²) in [6.45, 7) is 1.99. The molecule has 0 spiro atoms. The lowest BCUT2D eigenvalue weighted by atomic mass is 10.0. The van der Waals surface area contributed by atoms with Gasteiger partial charge < -0.3 is 10.3 Å². The number of fused-ring (bicyclic) bond motifs is 1. The van der Waals surface area contributed by atoms with Crippen molar-refractivity contribution >= 4 is 10.9 Å². The van der Waals surface area contributed by atoms with Gasteiger partial charge in [-0.1, -0.05) is 24.3 Å². The van der Waals surface area contributed by atoms with Gasteiger partial charge in [0.1, 0.15) is 5.82 Å². The van der Waals surface area contributed by atoms with Crippen LogP contribution in [-0.2, 0) is 12.7 Å². The Kier molecular flexibility index (Phi) is 4.59. The van der Waals surface area contributed by atoms with Crippen LogP contribution in [0.3, 0.4) is 0 Å². The second-order valence-corrected chi connectivity index (χ2v) is 5.76. The molecule has 0 bridgehead atoms. The molecular formula is C18H16F3N3O. The number of hydrogen-bond donors (Lipinski definition) is 2. The van der Waals surface area contributed by atoms with Gasteiger partial charge in [-0.15, -0.1) is 0 Å². The summed E-state index contributed by atoms with van der Waals surface area (Å²) < 4.78 is 38.4. The van der Waals surface area contributed by atoms with E-state index in [1.807, 2.05) is 0 Å². The summed E-state index contributed by atoms with van der Waals surface area (Å²) in [5.41, 5.74) is 0.165. The number of hydrogen-bond acceptors (Lipinski definition) is 3. The predicted molar refractivity (Wildman–Crippen MR) is 89.1 cm³/mol. The quantitative estimate of drug-likeness (QED) is 0.755. The standard InChI is InChI=1S/C18H16F3N3O/c1-11(12-5-4-6-13(9-12)18(19,20)21)22-10-16-23-15-8-3-2-7-14(15)17(25)24-16/h2-9,11,22H,10H2,1H3,(H,23,24,25). The summed E-state index contributed by atoms with van der Waals surface area (Å²) in [7, 11) is 0. The average molecular weight is 347 g/mol. The second-order valence-electron chi connectivity index (χ2n) is 5.76. The van der Waals surface area contributed by atoms with Gasteiger partial charge in [0.15, 0.2) is 0 Å². The van der Waals surface area contributed by atoms with Crippen LogP contribution in [0, 0.1) is 0 Å². The van der Waals surface area contributed by atoms with Crippen LogP contribution in [0.2, 0.25) is 0 Å². The third-order valence-corrected chi connectivity index (χ3v) is 3.95. The van der Waals surface area contributed by atoms with E-state index < -0.39 is 11.7 Å². The zero-order valence-corrected chi connectivity index (χ0v) is 13.4. The summed E-state index contributed by atoms with van der Waals surface area (Å²) in [5, 5.41) is 3.58. The molecule has 2 aromatic carbocycles. The van der Waals surface area contributed by atoms with Crippen molar-refractivity contribution in [2.75, 3.05) is 0 Å². The van der Waals surface area contributed by atoms with Gasteiger partial charge in [0.25, 0.3) is 5.56 Å². The van der Waals surface area contributed by atoms with Gasteiger partial charge in [0.05, 0.1) is 23.0 Å². The molecule has 7 heteroatoms. The molecule has 25 heavy (non-hydrogen) atoms. The minimum absolute atomic E-state index is 0.234. The van der Waals surface area contributed by atoms with Gasteiger partial charge in [-0.25, -0.2) is 4.98 Å². The Morgan fingerprint density at radius 2 is 1.92 bits per heavy atom. The van der Waals surface area contributed by atoms with Crippen molar-refractivity contribution in [1.29, 1.82) is 0 Å². The van der Waals surface area contributed by atoms with E-state index in [2.05, 4.69) is 15.3 Å². The zero-order valence-electron chi connectivity index (χ0n) is 13.4. The molecule has 130 valence electrons. The third kappa shape index (κ3) is 3.88. The molecule has 1 heterocycles. The fourth-order valence-electron chi connectivity index (χ4n) is 2.57. The molecule has 0 saturated carbocycles. The molecule has 0 radical (unpaired) electrons. The monoisotopic (exact) mass is 347 g/mol. The smallest absolute Gasteiger partial charge is 0.309 e. The summed E-state index contributed by atoms with van der Waals surface area (Å²) in [6, 6.07) is 11.8. The topological polar surface area (TPSA) is 57.8 Å². The Labute approximate surface area is 141 Å². The first-order chi connectivity index (χ1) is 11.8. The lowest BCUT2D eigenvalue weighted by Gasteiger charge is -2.16. The third-order valence-electron chi connectivity index (χ3n) is 3.95. The summed E-state index contributed by atoms with van der Waals surface area (Å²) in [5.74, 6) is 0.433. The molecule has 0 aliphatic heterocycles. The maximum atomic E-state index is 12.8. The summed E-state index contributed by atoms with van der Waals surface area (Å²) >= 11 is 0. The van der Waals surface area contributed by atoms with Crippen LogP contribution in [0.25, 0.3) is 10.9 Å². The highest BCUT2D eigenvalue weighted by atomic mass is 19.4. The molecule has 0 fully saturated rings. The first-order valence-corrected chi connectivity index (χ1v) is 7.73. The number of nitrogens with one attached hydrogen (secondary N) is 2. The highest BCUT2D eigenvalue weighted by Gasteiger charge is 2.30. The van der Waals surface area contributed by atoms with Crippen LogP contribution >= 0.6 is 0 Å². The van der Waals surface area contributed by atoms with Crippen molar-refractivity contribution in [3.05, 3.63) is 75.8 Å². The lowest BCUT2D eigenvalue weighted by Crippen LogP contribution is -2.22. The Bertz CT molecular complexity index is 950. The highest BCUT2D eigenvalue weighted by molar-refractivity contribution is 5.77. The zero-order chi connectivity index (χ0) is 18.0. The molecule has 1 atom stereocenters. The molecule has 1 unspecified atom stereocenters. The van der Waals surface area contributed by atoms with Gasteiger partial charge in [-0.3, -0.25) is 4.79 Å². The summed E-state index contributed by atoms with van der Waals surface area (Å²) in [6.07, 6.45) is -4.37. The predicted octanol–water partition coefficient (Wildman–Crippen LogP) is 3.79. The van der Waals surface area contributed by atoms with Crippen LogP contribution in [0.4, 0.5) is 13.2 Å². The fourth-order valence-corrected chi connectivity index (χ4v) is 2.57. The molecular weight excluding hydrogens is 331 g/mol. The first kappa shape index (κ1) is 17.2. The van der Waals surface area contributed by atoms with Crippen LogP contribution in [0.5, 0.6) is 0 Å². The molecule has 4 nitrogen and oxygen atoms in total. The molecule has 0 aliphatic rings. The van der Waals surface area contributed by atoms with Crippen molar-refractivity contribution in [3.8, 4) is 0 Å². The number of benzene rings is 2. The second kappa shape index (κ2) is 6.68. The molecule has 0 saturated heterocycles. The van der Waals surface area contributed by atoms with Crippen molar-refractivity contribution < 1.29 is 13.2 Å². The molecule has 0 aliphatic carbocycles. The van der Waals surface area contributed by atoms with E-state index in [1.54, 1.807) is 37.3 Å². The van der Waals surface area contributed by atoms with Crippen LogP contribution in [0.1, 0.15) is 29.9 Å². The Balaban J connectivity index is 1.77. The van der Waals surface area contributed by atoms with E-state index in [-0.39, 0.29) is 18.1 Å². The molecule has 3 aromatic rings. The van der Waals surface area contributed by atoms with Gasteiger partial charge in [-0.05, 0) is 36.8 Å². The van der Waals surface area contributed by atoms with E-state index in [0.717, 1.165) is 12.1 Å². The Morgan fingerprint density at radius 1 is 1.16 bits per heavy atom. The Hall–Kier alpha value is -2.67. The molecule has 3 rings (SSSR count). The molecule has 1 aromatic heterocycles. The summed E-state index contributed by atoms with van der Waals surface area (Å²) in [4.78, 5) is 19.1. The number of rotatable bonds is 4. The van der Waals surface area contributed by atoms with Crippen LogP contribution < -0.4 is 10.9 Å². The van der Waals surface area contributed by atoms with Crippen molar-refractivity contribution in [1.82, 2.24) is 15.3 Å². The van der Waals surface area contributed by atoms with Crippen LogP contribution in [-0.4, -0.2) is 9.97 Å². The SMILES string of the molecule is CC(NCc1nc2ccccc2c(=O)[nH]1)c1cccc(C(F)(F)F)c1. The van der Waals surface area contributed by atoms with Crippen molar-refractivity contribution in [3.63, 3.8) is 0 Å². The van der Waals surface area contributed by atoms with Crippen molar-refractivity contribution in [2.24, 2.45) is 0 Å².